The van der Waals surface area contributed by atoms with Crippen molar-refractivity contribution in [2.45, 2.75) is 0 Å². The van der Waals surface area contributed by atoms with Gasteiger partial charge in [-0.15, -0.1) is 0 Å². The predicted octanol–water partition coefficient (Wildman–Crippen LogP) is 5.85. The van der Waals surface area contributed by atoms with Gasteiger partial charge in [0.2, 0.25) is 0 Å². The summed E-state index contributed by atoms with van der Waals surface area (Å²) >= 11 is 0. The van der Waals surface area contributed by atoms with Gasteiger partial charge in [0.25, 0.3) is 0 Å². The summed E-state index contributed by atoms with van der Waals surface area (Å²) in [6, 6.07) is 16.4. The van der Waals surface area contributed by atoms with Gasteiger partial charge in [-0.2, -0.15) is 0 Å². The Morgan fingerprint density at radius 1 is 0.556 bits per heavy atom. The molecule has 128 valence electrons. The minimum absolute atomic E-state index is 0.156. The Balaban J connectivity index is 1.66. The number of hydrogen-bond donors (Lipinski definition) is 2. The second-order valence-electron chi connectivity index (χ2n) is 7.31. The van der Waals surface area contributed by atoms with Crippen LogP contribution in [0.25, 0.3) is 23.3 Å². The molecule has 2 heteroatoms. The molecule has 0 fully saturated rings. The van der Waals surface area contributed by atoms with Gasteiger partial charge in [-0.05, 0) is 68.9 Å². The highest BCUT2D eigenvalue weighted by Gasteiger charge is 2.53. The lowest BCUT2D eigenvalue weighted by atomic mass is 9.63. The van der Waals surface area contributed by atoms with Crippen LogP contribution in [0.5, 0.6) is 0 Å². The first-order valence-corrected chi connectivity index (χ1v) is 9.08. The molecule has 0 saturated carbocycles. The zero-order valence-electron chi connectivity index (χ0n) is 14.5. The Labute approximate surface area is 157 Å². The van der Waals surface area contributed by atoms with Gasteiger partial charge in [0.05, 0.1) is 0 Å². The lowest BCUT2D eigenvalue weighted by molar-refractivity contribution is 0.249. The molecule has 0 radical (unpaired) electrons. The van der Waals surface area contributed by atoms with Crippen LogP contribution in [-0.2, 0) is 0 Å². The molecular weight excluding hydrogens is 332 g/mol. The van der Waals surface area contributed by atoms with Crippen LogP contribution in [0, 0.1) is 5.41 Å². The van der Waals surface area contributed by atoms with E-state index >= 15 is 0 Å². The standard InChI is InChI=1S/C25H16O2/c26-23-11-9-19-17-7-3-1-5-15(17)13-21(19)25(23)22-14-16-6-2-4-8-18(16)20(22)10-12-24(25)27/h1-14,26-27H. The molecule has 0 amide bonds. The molecule has 0 aliphatic heterocycles. The van der Waals surface area contributed by atoms with E-state index in [2.05, 4.69) is 36.4 Å². The summed E-state index contributed by atoms with van der Waals surface area (Å²) in [6.07, 6.45) is 11.6. The van der Waals surface area contributed by atoms with Crippen LogP contribution >= 0.6 is 0 Å². The SMILES string of the molecule is OC1=CC=C2C(=Cc3ccccc32)C12C(O)=CC=C1C2=Cc2ccccc21. The van der Waals surface area contributed by atoms with Crippen molar-refractivity contribution in [3.05, 3.63) is 118 Å². The number of fused-ring (bicyclic) bond motifs is 8. The Morgan fingerprint density at radius 3 is 1.48 bits per heavy atom. The van der Waals surface area contributed by atoms with Crippen molar-refractivity contribution >= 4 is 23.3 Å². The van der Waals surface area contributed by atoms with E-state index < -0.39 is 5.41 Å². The summed E-state index contributed by atoms with van der Waals surface area (Å²) < 4.78 is 0. The predicted molar refractivity (Wildman–Crippen MR) is 109 cm³/mol. The van der Waals surface area contributed by atoms with Gasteiger partial charge in [-0.3, -0.25) is 0 Å². The highest BCUT2D eigenvalue weighted by molar-refractivity contribution is 6.06. The molecule has 0 heterocycles. The Bertz CT molecular complexity index is 1130. The first-order valence-electron chi connectivity index (χ1n) is 9.08. The van der Waals surface area contributed by atoms with Gasteiger partial charge in [0.15, 0.2) is 0 Å². The number of rotatable bonds is 0. The van der Waals surface area contributed by atoms with E-state index in [1.165, 1.54) is 0 Å². The maximum atomic E-state index is 11.1. The van der Waals surface area contributed by atoms with Gasteiger partial charge < -0.3 is 10.2 Å². The highest BCUT2D eigenvalue weighted by Crippen LogP contribution is 2.62. The zero-order chi connectivity index (χ0) is 18.2. The normalized spacial score (nSPS) is 20.3. The largest absolute Gasteiger partial charge is 0.511 e. The van der Waals surface area contributed by atoms with E-state index in [9.17, 15) is 10.2 Å². The Hall–Kier alpha value is -3.52. The number of aliphatic hydroxyl groups is 2. The second-order valence-corrected chi connectivity index (χ2v) is 7.31. The fourth-order valence-electron chi connectivity index (χ4n) is 4.88. The van der Waals surface area contributed by atoms with Crippen LogP contribution in [0.2, 0.25) is 0 Å². The van der Waals surface area contributed by atoms with Gasteiger partial charge in [0.1, 0.15) is 16.9 Å². The van der Waals surface area contributed by atoms with E-state index in [1.54, 1.807) is 12.2 Å². The fraction of sp³-hybridized carbons (Fsp3) is 0.0400. The maximum absolute atomic E-state index is 11.1. The number of hydrogen-bond acceptors (Lipinski definition) is 2. The molecule has 6 rings (SSSR count). The van der Waals surface area contributed by atoms with Crippen LogP contribution in [0.3, 0.4) is 0 Å². The molecule has 0 atom stereocenters. The number of aliphatic hydroxyl groups excluding tert-OH is 2. The monoisotopic (exact) mass is 348 g/mol. The van der Waals surface area contributed by atoms with E-state index in [0.717, 1.165) is 44.5 Å². The second kappa shape index (κ2) is 4.80. The lowest BCUT2D eigenvalue weighted by Gasteiger charge is -2.40. The summed E-state index contributed by atoms with van der Waals surface area (Å²) in [7, 11) is 0. The van der Waals surface area contributed by atoms with E-state index in [-0.39, 0.29) is 11.5 Å². The molecule has 0 unspecified atom stereocenters. The van der Waals surface area contributed by atoms with E-state index in [4.69, 9.17) is 0 Å². The first kappa shape index (κ1) is 14.6. The van der Waals surface area contributed by atoms with Crippen molar-refractivity contribution in [1.82, 2.24) is 0 Å². The van der Waals surface area contributed by atoms with Crippen molar-refractivity contribution in [1.29, 1.82) is 0 Å². The molecule has 4 aliphatic carbocycles. The van der Waals surface area contributed by atoms with Crippen LogP contribution in [0.1, 0.15) is 22.3 Å². The maximum Gasteiger partial charge on any atom is 0.135 e. The number of allylic oxidation sites excluding steroid dienone is 6. The average Bonchev–Trinajstić information content (AvgIpc) is 3.25. The number of benzene rings is 2. The quantitative estimate of drug-likeness (QED) is 0.627. The molecule has 2 N–H and O–H groups in total. The lowest BCUT2D eigenvalue weighted by Crippen LogP contribution is -2.33. The Kier molecular flexibility index (Phi) is 2.60. The molecule has 0 aromatic heterocycles. The van der Waals surface area contributed by atoms with E-state index in [1.807, 2.05) is 36.4 Å². The van der Waals surface area contributed by atoms with Crippen molar-refractivity contribution in [2.75, 3.05) is 0 Å². The van der Waals surface area contributed by atoms with Crippen molar-refractivity contribution in [3.63, 3.8) is 0 Å². The summed E-state index contributed by atoms with van der Waals surface area (Å²) in [5, 5.41) is 22.2. The third-order valence-electron chi connectivity index (χ3n) is 6.07. The van der Waals surface area contributed by atoms with Crippen molar-refractivity contribution in [3.8, 4) is 0 Å². The van der Waals surface area contributed by atoms with Crippen LogP contribution in [-0.4, -0.2) is 10.2 Å². The summed E-state index contributed by atoms with van der Waals surface area (Å²) in [5.41, 5.74) is 7.42. The molecule has 2 nitrogen and oxygen atoms in total. The molecular formula is C25H16O2. The average molecular weight is 348 g/mol. The van der Waals surface area contributed by atoms with Crippen LogP contribution in [0.15, 0.2) is 95.5 Å². The molecule has 2 aromatic carbocycles. The van der Waals surface area contributed by atoms with Gasteiger partial charge >= 0.3 is 0 Å². The topological polar surface area (TPSA) is 40.5 Å². The molecule has 1 spiro atoms. The molecule has 4 aliphatic rings. The summed E-state index contributed by atoms with van der Waals surface area (Å²) in [6.45, 7) is 0. The highest BCUT2D eigenvalue weighted by atomic mass is 16.3. The molecule has 27 heavy (non-hydrogen) atoms. The minimum Gasteiger partial charge on any atom is -0.511 e. The smallest absolute Gasteiger partial charge is 0.135 e. The third kappa shape index (κ3) is 1.61. The molecule has 2 aromatic rings. The zero-order valence-corrected chi connectivity index (χ0v) is 14.5. The molecule has 0 bridgehead atoms. The van der Waals surface area contributed by atoms with Crippen LogP contribution < -0.4 is 0 Å². The van der Waals surface area contributed by atoms with Crippen molar-refractivity contribution < 1.29 is 10.2 Å². The summed E-state index contributed by atoms with van der Waals surface area (Å²) in [4.78, 5) is 0. The first-order chi connectivity index (χ1) is 13.2. The van der Waals surface area contributed by atoms with Gasteiger partial charge in [-0.25, -0.2) is 0 Å². The van der Waals surface area contributed by atoms with Gasteiger partial charge in [-0.1, -0.05) is 60.7 Å². The minimum atomic E-state index is -1.05. The van der Waals surface area contributed by atoms with Crippen LogP contribution in [0.4, 0.5) is 0 Å². The third-order valence-corrected chi connectivity index (χ3v) is 6.07. The fourth-order valence-corrected chi connectivity index (χ4v) is 4.88. The Morgan fingerprint density at radius 2 is 1.00 bits per heavy atom. The van der Waals surface area contributed by atoms with Gasteiger partial charge in [0, 0.05) is 0 Å². The van der Waals surface area contributed by atoms with Crippen molar-refractivity contribution in [2.24, 2.45) is 5.41 Å². The van der Waals surface area contributed by atoms with E-state index in [0.29, 0.717) is 0 Å². The molecule has 0 saturated heterocycles. The summed E-state index contributed by atoms with van der Waals surface area (Å²) in [5.74, 6) is 0.312.